The van der Waals surface area contributed by atoms with Crippen LogP contribution >= 0.6 is 94.1 Å². The van der Waals surface area contributed by atoms with Crippen LogP contribution in [0, 0.1) is 12.3 Å². The summed E-state index contributed by atoms with van der Waals surface area (Å²) in [5, 5.41) is 15.5. The number of aryl methyl sites for hydroxylation is 1. The number of amidine groups is 6. The van der Waals surface area contributed by atoms with Crippen molar-refractivity contribution in [2.45, 2.75) is 141 Å². The Labute approximate surface area is 739 Å². The van der Waals surface area contributed by atoms with Gasteiger partial charge in [-0.3, -0.25) is 5.41 Å². The van der Waals surface area contributed by atoms with Crippen LogP contribution in [0.15, 0.2) is 346 Å². The van der Waals surface area contributed by atoms with E-state index in [0.717, 1.165) is 89.4 Å². The van der Waals surface area contributed by atoms with Crippen molar-refractivity contribution in [2.24, 2.45) is 25.0 Å². The molecule has 16 nitrogen and oxygen atoms in total. The lowest BCUT2D eigenvalue weighted by atomic mass is 10.0. The topological polar surface area (TPSA) is 187 Å². The van der Waals surface area contributed by atoms with Crippen molar-refractivity contribution in [1.29, 1.82) is 5.41 Å². The minimum absolute atomic E-state index is 0.0523. The number of hydrogen-bond donors (Lipinski definition) is 3. The van der Waals surface area contributed by atoms with Crippen LogP contribution in [0.1, 0.15) is 94.5 Å². The molecule has 0 fully saturated rings. The maximum Gasteiger partial charge on any atom is 0.168 e. The van der Waals surface area contributed by atoms with Gasteiger partial charge in [0.1, 0.15) is 63.5 Å². The van der Waals surface area contributed by atoms with E-state index >= 15 is 0 Å². The fourth-order valence-electron chi connectivity index (χ4n) is 14.2. The van der Waals surface area contributed by atoms with Crippen molar-refractivity contribution in [1.82, 2.24) is 10.3 Å². The lowest BCUT2D eigenvalue weighted by molar-refractivity contribution is 0.314. The fraction of sp³-hybridized carbons (Fsp3) is 0.175. The highest BCUT2D eigenvalue weighted by Gasteiger charge is 2.44. The first-order valence-electron chi connectivity index (χ1n) is 40.1. The maximum absolute atomic E-state index is 10.2. The molecule has 0 bridgehead atoms. The van der Waals surface area contributed by atoms with Crippen molar-refractivity contribution in [2.75, 3.05) is 52.9 Å². The Balaban J connectivity index is 1.02. The third kappa shape index (κ3) is 17.8. The van der Waals surface area contributed by atoms with Crippen molar-refractivity contribution < 1.29 is 37.9 Å². The zero-order valence-corrected chi connectivity index (χ0v) is 74.6. The Morgan fingerprint density at radius 2 is 0.504 bits per heavy atom. The van der Waals surface area contributed by atoms with Gasteiger partial charge in [-0.15, -0.1) is 0 Å². The van der Waals surface area contributed by atoms with Gasteiger partial charge >= 0.3 is 0 Å². The first kappa shape index (κ1) is 83.8. The first-order chi connectivity index (χ1) is 59.5. The lowest BCUT2D eigenvalue weighted by Crippen LogP contribution is -2.25. The number of aromatic nitrogens is 1. The van der Waals surface area contributed by atoms with Crippen LogP contribution in [0.4, 0.5) is 5.82 Å². The normalized spacial score (nSPS) is 13.6. The maximum atomic E-state index is 10.2. The van der Waals surface area contributed by atoms with Crippen LogP contribution in [0.5, 0.6) is 46.0 Å². The largest absolute Gasteiger partial charge is 0.492 e. The molecule has 3 N–H and O–H groups in total. The van der Waals surface area contributed by atoms with Gasteiger partial charge in [0.05, 0.1) is 136 Å². The summed E-state index contributed by atoms with van der Waals surface area (Å²) in [6.45, 7) is 20.2. The molecule has 0 unspecified atom stereocenters. The van der Waals surface area contributed by atoms with Gasteiger partial charge in [-0.1, -0.05) is 240 Å². The summed E-state index contributed by atoms with van der Waals surface area (Å²) in [6, 6.07) is 82.2. The molecule has 121 heavy (non-hydrogen) atoms. The van der Waals surface area contributed by atoms with Gasteiger partial charge in [-0.2, -0.15) is 0 Å². The van der Waals surface area contributed by atoms with Crippen molar-refractivity contribution in [3.63, 3.8) is 0 Å². The van der Waals surface area contributed by atoms with Crippen molar-refractivity contribution >= 4 is 146 Å². The van der Waals surface area contributed by atoms with Gasteiger partial charge in [0, 0.05) is 44.9 Å². The molecule has 4 heterocycles. The molecule has 3 aliphatic rings. The lowest BCUT2D eigenvalue weighted by Gasteiger charge is -2.23. The summed E-state index contributed by atoms with van der Waals surface area (Å²) in [7, 11) is 0. The van der Waals surface area contributed by atoms with E-state index in [2.05, 4.69) is 126 Å². The number of aliphatic imine (C=N–C) groups is 5. The molecule has 0 amide bonds. The molecule has 13 aromatic rings. The van der Waals surface area contributed by atoms with Crippen LogP contribution in [0.25, 0.3) is 10.8 Å². The molecule has 3 aliphatic heterocycles. The quantitative estimate of drug-likeness (QED) is 0.0352. The van der Waals surface area contributed by atoms with Gasteiger partial charge in [-0.25, -0.2) is 25.0 Å². The highest BCUT2D eigenvalue weighted by atomic mass is 32.2. The Morgan fingerprint density at radius 3 is 0.793 bits per heavy atom. The number of nitrogens with one attached hydrogen (secondary N) is 3. The molecule has 12 aromatic carbocycles. The molecular weight excluding hydrogens is 1660 g/mol. The number of nitrogens with zero attached hydrogens (tertiary/aromatic N) is 5. The highest BCUT2D eigenvalue weighted by molar-refractivity contribution is 8.04. The molecule has 0 saturated carbocycles. The summed E-state index contributed by atoms with van der Waals surface area (Å²) in [5.41, 5.74) is 3.85. The van der Waals surface area contributed by atoms with E-state index in [1.54, 1.807) is 94.1 Å². The van der Waals surface area contributed by atoms with E-state index in [1.807, 2.05) is 189 Å². The second-order valence-corrected chi connectivity index (χ2v) is 35.5. The van der Waals surface area contributed by atoms with E-state index < -0.39 is 0 Å². The van der Waals surface area contributed by atoms with E-state index in [9.17, 15) is 5.41 Å². The predicted molar refractivity (Wildman–Crippen MR) is 499 cm³/mol. The highest BCUT2D eigenvalue weighted by Crippen LogP contribution is 2.61. The summed E-state index contributed by atoms with van der Waals surface area (Å²) in [6.07, 6.45) is 0. The van der Waals surface area contributed by atoms with E-state index in [4.69, 9.17) is 62.9 Å². The number of aromatic amines is 1. The monoisotopic (exact) mass is 1750 g/mol. The van der Waals surface area contributed by atoms with E-state index in [-0.39, 0.29) is 63.0 Å². The van der Waals surface area contributed by atoms with Gasteiger partial charge in [0.15, 0.2) is 23.3 Å². The summed E-state index contributed by atoms with van der Waals surface area (Å²) < 4.78 is 57.0. The van der Waals surface area contributed by atoms with E-state index in [0.29, 0.717) is 115 Å². The average Bonchev–Trinajstić information content (AvgIpc) is 1.58. The van der Waals surface area contributed by atoms with Gasteiger partial charge in [-0.05, 0) is 159 Å². The number of benzene rings is 12. The fourth-order valence-corrected chi connectivity index (χ4v) is 22.9. The summed E-state index contributed by atoms with van der Waals surface area (Å²) >= 11 is 12.6. The molecule has 0 aliphatic carbocycles. The van der Waals surface area contributed by atoms with Gasteiger partial charge in [0.2, 0.25) is 0 Å². The van der Waals surface area contributed by atoms with Crippen LogP contribution in [-0.4, -0.2) is 92.9 Å². The van der Waals surface area contributed by atoms with Gasteiger partial charge in [0.25, 0.3) is 0 Å². The third-order valence-corrected chi connectivity index (χ3v) is 28.3. The molecule has 0 spiro atoms. The molecule has 0 radical (unpaired) electrons. The van der Waals surface area contributed by atoms with Crippen molar-refractivity contribution in [3.8, 4) is 46.0 Å². The average molecular weight is 1750 g/mol. The SMILES string of the molecule is CCOc1c(Sc2ccccc2)c(Sc2ccccc2)c(OCC)c2c1C(=N)N=C2N=C1NC(=NC2=N/C(=N\c3[nH]c(C)c4c(OCC)c(Sc5ccccc5)c(Sc5ccccc5)c(OCC)c34)c3c(OCC)c(Sc4ccccc4)c(Sc4ccccc4)c(OCC)c32)c2c(OCC)c(Sc3ccccc3)c(Sc3ccccc3)c(OCC)c21. The molecule has 16 rings (SSSR count). The zero-order chi connectivity index (χ0) is 83.3. The molecule has 610 valence electrons. The number of H-pyrrole nitrogens is 1. The minimum atomic E-state index is -0.0523. The predicted octanol–water partition coefficient (Wildman–Crippen LogP) is 26.3. The Bertz CT molecular complexity index is 6130. The smallest absolute Gasteiger partial charge is 0.168 e. The Kier molecular flexibility index (Phi) is 27.3. The second-order valence-electron chi connectivity index (χ2n) is 26.9. The third-order valence-electron chi connectivity index (χ3n) is 18.9. The summed E-state index contributed by atoms with van der Waals surface area (Å²) in [5.74, 6) is 6.03. The van der Waals surface area contributed by atoms with Crippen LogP contribution in [0.2, 0.25) is 0 Å². The van der Waals surface area contributed by atoms with Crippen LogP contribution in [0.3, 0.4) is 0 Å². The van der Waals surface area contributed by atoms with Gasteiger partial charge < -0.3 is 48.2 Å². The van der Waals surface area contributed by atoms with Crippen molar-refractivity contribution in [3.05, 3.63) is 282 Å². The molecule has 0 atom stereocenters. The molecule has 24 heteroatoms. The number of fused-ring (bicyclic) bond motifs is 4. The van der Waals surface area contributed by atoms with Crippen LogP contribution < -0.4 is 43.2 Å². The standard InChI is InChI=1S/C97H86N8O8S8/c1-10-106-75-67-58(9)99-92(69(67)77(108-12-3)85(116-61-46-30-20-31-47-61)83(75)114-59-42-26-18-27-43-59)101-94-71-73(81(112-16-7)89(120-65-54-38-24-39-55-65)87(79(71)110-14-5)118-63-50-34-22-35-51-63)96(103-94)105-97-74-72(80(111-15-6)88(119-64-52-36-23-37-53-64)90(82(74)113-17-8)121-66-56-40-25-41-57-66)95(104-97)102-93-70-68(91(98)100-93)76(107-11-2)84(115-60-44-28-19-29-45-60)86(78(70)109-13-4)117-62-48-32-21-33-49-62/h18-57,99H,10-17H2,1-9H3,(H2,98,100,101,102,103,104,105). The minimum Gasteiger partial charge on any atom is -0.492 e. The zero-order valence-electron chi connectivity index (χ0n) is 68.0. The number of rotatable bonds is 33. The molecular formula is C97H86N8O8S8. The van der Waals surface area contributed by atoms with Crippen LogP contribution in [-0.2, 0) is 0 Å². The number of hydrogen-bond acceptors (Lipinski definition) is 20. The molecule has 1 aromatic heterocycles. The molecule has 0 saturated heterocycles. The Morgan fingerprint density at radius 1 is 0.273 bits per heavy atom. The number of ether oxygens (including phenoxy) is 8. The first-order valence-corrected chi connectivity index (χ1v) is 46.7. The van der Waals surface area contributed by atoms with E-state index in [1.165, 1.54) is 0 Å². The summed E-state index contributed by atoms with van der Waals surface area (Å²) in [4.78, 5) is 46.8. The second kappa shape index (κ2) is 39.4. The Hall–Kier alpha value is -10.8.